The summed E-state index contributed by atoms with van der Waals surface area (Å²) in [5.41, 5.74) is 1.61. The van der Waals surface area contributed by atoms with Crippen LogP contribution >= 0.6 is 15.9 Å². The summed E-state index contributed by atoms with van der Waals surface area (Å²) in [6.45, 7) is 0. The first kappa shape index (κ1) is 13.1. The van der Waals surface area contributed by atoms with Crippen LogP contribution in [0.25, 0.3) is 0 Å². The van der Waals surface area contributed by atoms with Gasteiger partial charge in [-0.2, -0.15) is 5.26 Å². The lowest BCUT2D eigenvalue weighted by atomic mass is 9.93. The lowest BCUT2D eigenvalue weighted by Crippen LogP contribution is -2.35. The maximum absolute atomic E-state index is 11.3. The molecule has 3 nitrogen and oxygen atoms in total. The summed E-state index contributed by atoms with van der Waals surface area (Å²) in [5, 5.41) is 9.15. The largest absolute Gasteiger partial charge is 0.370 e. The van der Waals surface area contributed by atoms with Gasteiger partial charge in [-0.15, -0.1) is 0 Å². The lowest BCUT2D eigenvalue weighted by Gasteiger charge is -2.33. The Balaban J connectivity index is 2.23. The number of halogens is 1. The van der Waals surface area contributed by atoms with Crippen LogP contribution in [0.4, 0.5) is 5.69 Å². The number of carbonyl (C=O) groups excluding carboxylic acids is 1. The molecule has 0 aromatic heterocycles. The van der Waals surface area contributed by atoms with Gasteiger partial charge in [0, 0.05) is 30.4 Å². The van der Waals surface area contributed by atoms with Crippen molar-refractivity contribution in [2.45, 2.75) is 31.7 Å². The van der Waals surface area contributed by atoms with Gasteiger partial charge in [0.25, 0.3) is 0 Å². The standard InChI is InChI=1S/C14H15BrN2O/c1-17(12-4-6-13(18)7-5-12)14-8-11(15)3-2-10(14)9-16/h2-3,8,12H,4-7H2,1H3. The van der Waals surface area contributed by atoms with Gasteiger partial charge in [0.1, 0.15) is 11.9 Å². The van der Waals surface area contributed by atoms with Crippen LogP contribution in [-0.2, 0) is 4.79 Å². The molecule has 0 radical (unpaired) electrons. The molecule has 0 atom stereocenters. The molecule has 1 aromatic rings. The highest BCUT2D eigenvalue weighted by molar-refractivity contribution is 9.10. The Morgan fingerprint density at radius 2 is 2.06 bits per heavy atom. The van der Waals surface area contributed by atoms with Gasteiger partial charge in [0.05, 0.1) is 11.3 Å². The summed E-state index contributed by atoms with van der Waals surface area (Å²) in [6, 6.07) is 8.24. The van der Waals surface area contributed by atoms with Crippen molar-refractivity contribution in [1.29, 1.82) is 5.26 Å². The van der Waals surface area contributed by atoms with E-state index in [1.807, 2.05) is 25.2 Å². The third-order valence-electron chi connectivity index (χ3n) is 3.52. The molecular formula is C14H15BrN2O. The number of hydrogen-bond donors (Lipinski definition) is 0. The first-order chi connectivity index (χ1) is 8.61. The number of carbonyl (C=O) groups is 1. The van der Waals surface area contributed by atoms with E-state index in [0.29, 0.717) is 30.2 Å². The normalized spacial score (nSPS) is 16.4. The number of hydrogen-bond acceptors (Lipinski definition) is 3. The second kappa shape index (κ2) is 5.53. The monoisotopic (exact) mass is 306 g/mol. The Labute approximate surface area is 116 Å². The van der Waals surface area contributed by atoms with E-state index < -0.39 is 0 Å². The molecule has 1 fully saturated rings. The Morgan fingerprint density at radius 3 is 2.67 bits per heavy atom. The quantitative estimate of drug-likeness (QED) is 0.842. The second-order valence-electron chi connectivity index (χ2n) is 4.65. The molecule has 1 saturated carbocycles. The first-order valence-electron chi connectivity index (χ1n) is 6.06. The van der Waals surface area contributed by atoms with E-state index in [1.54, 1.807) is 0 Å². The number of anilines is 1. The van der Waals surface area contributed by atoms with Gasteiger partial charge in [0.2, 0.25) is 0 Å². The molecule has 0 heterocycles. The van der Waals surface area contributed by atoms with Crippen LogP contribution in [-0.4, -0.2) is 18.9 Å². The topological polar surface area (TPSA) is 44.1 Å². The van der Waals surface area contributed by atoms with Gasteiger partial charge >= 0.3 is 0 Å². The summed E-state index contributed by atoms with van der Waals surface area (Å²) in [5.74, 6) is 0.356. The van der Waals surface area contributed by atoms with E-state index in [2.05, 4.69) is 26.9 Å². The van der Waals surface area contributed by atoms with Crippen molar-refractivity contribution in [2.24, 2.45) is 0 Å². The minimum Gasteiger partial charge on any atom is -0.370 e. The maximum atomic E-state index is 11.3. The Hall–Kier alpha value is -1.34. The molecular weight excluding hydrogens is 292 g/mol. The third kappa shape index (κ3) is 2.73. The van der Waals surface area contributed by atoms with Crippen molar-refractivity contribution >= 4 is 27.4 Å². The Morgan fingerprint density at radius 1 is 1.39 bits per heavy atom. The highest BCUT2D eigenvalue weighted by atomic mass is 79.9. The molecule has 0 amide bonds. The fourth-order valence-corrected chi connectivity index (χ4v) is 2.75. The van der Waals surface area contributed by atoms with Crippen LogP contribution in [0.3, 0.4) is 0 Å². The summed E-state index contributed by atoms with van der Waals surface area (Å²) in [4.78, 5) is 13.4. The Kier molecular flexibility index (Phi) is 4.03. The molecule has 1 aliphatic rings. The number of ketones is 1. The zero-order valence-corrected chi connectivity index (χ0v) is 11.9. The van der Waals surface area contributed by atoms with Crippen molar-refractivity contribution in [1.82, 2.24) is 0 Å². The van der Waals surface area contributed by atoms with Crippen LogP contribution in [0.2, 0.25) is 0 Å². The molecule has 0 unspecified atom stereocenters. The van der Waals surface area contributed by atoms with E-state index in [-0.39, 0.29) is 0 Å². The number of rotatable bonds is 2. The summed E-state index contributed by atoms with van der Waals surface area (Å²) in [7, 11) is 2.00. The second-order valence-corrected chi connectivity index (χ2v) is 5.57. The fraction of sp³-hybridized carbons (Fsp3) is 0.429. The van der Waals surface area contributed by atoms with E-state index in [1.165, 1.54) is 0 Å². The highest BCUT2D eigenvalue weighted by Crippen LogP contribution is 2.29. The van der Waals surface area contributed by atoms with Gasteiger partial charge in [-0.05, 0) is 31.0 Å². The van der Waals surface area contributed by atoms with Crippen molar-refractivity contribution in [3.63, 3.8) is 0 Å². The zero-order chi connectivity index (χ0) is 13.1. The smallest absolute Gasteiger partial charge is 0.133 e. The van der Waals surface area contributed by atoms with Crippen molar-refractivity contribution in [2.75, 3.05) is 11.9 Å². The highest BCUT2D eigenvalue weighted by Gasteiger charge is 2.23. The molecule has 0 spiro atoms. The average Bonchev–Trinajstić information content (AvgIpc) is 2.39. The molecule has 94 valence electrons. The summed E-state index contributed by atoms with van der Waals surface area (Å²) >= 11 is 3.44. The Bertz CT molecular complexity index is 497. The van der Waals surface area contributed by atoms with Gasteiger partial charge in [-0.25, -0.2) is 0 Å². The summed E-state index contributed by atoms with van der Waals surface area (Å²) < 4.78 is 0.968. The fourth-order valence-electron chi connectivity index (χ4n) is 2.40. The predicted octanol–water partition coefficient (Wildman–Crippen LogP) is 3.27. The molecule has 2 rings (SSSR count). The summed E-state index contributed by atoms with van der Waals surface area (Å²) in [6.07, 6.45) is 3.08. The molecule has 0 aliphatic heterocycles. The van der Waals surface area contributed by atoms with E-state index in [4.69, 9.17) is 5.26 Å². The minimum atomic E-state index is 0.351. The molecule has 0 saturated heterocycles. The van der Waals surface area contributed by atoms with Crippen LogP contribution in [0, 0.1) is 11.3 Å². The van der Waals surface area contributed by atoms with Crippen LogP contribution < -0.4 is 4.90 Å². The van der Waals surface area contributed by atoms with Crippen LogP contribution in [0.1, 0.15) is 31.2 Å². The number of benzene rings is 1. The third-order valence-corrected chi connectivity index (χ3v) is 4.01. The first-order valence-corrected chi connectivity index (χ1v) is 6.85. The number of nitriles is 1. The van der Waals surface area contributed by atoms with Crippen molar-refractivity contribution in [3.8, 4) is 6.07 Å². The predicted molar refractivity (Wildman–Crippen MR) is 74.5 cm³/mol. The molecule has 1 aromatic carbocycles. The van der Waals surface area contributed by atoms with Gasteiger partial charge in [-0.1, -0.05) is 15.9 Å². The van der Waals surface area contributed by atoms with Gasteiger partial charge in [-0.3, -0.25) is 4.79 Å². The molecule has 1 aliphatic carbocycles. The zero-order valence-electron chi connectivity index (χ0n) is 10.3. The van der Waals surface area contributed by atoms with E-state index >= 15 is 0 Å². The minimum absolute atomic E-state index is 0.351. The molecule has 18 heavy (non-hydrogen) atoms. The SMILES string of the molecule is CN(c1cc(Br)ccc1C#N)C1CCC(=O)CC1. The number of nitrogens with zero attached hydrogens (tertiary/aromatic N) is 2. The molecule has 0 bridgehead atoms. The number of Topliss-reactive ketones (excluding diaryl/α,β-unsaturated/α-hetero) is 1. The average molecular weight is 307 g/mol. The molecule has 4 heteroatoms. The van der Waals surface area contributed by atoms with Crippen molar-refractivity contribution in [3.05, 3.63) is 28.2 Å². The van der Waals surface area contributed by atoms with E-state index in [0.717, 1.165) is 23.0 Å². The molecule has 0 N–H and O–H groups in total. The maximum Gasteiger partial charge on any atom is 0.133 e. The van der Waals surface area contributed by atoms with Crippen LogP contribution in [0.5, 0.6) is 0 Å². The van der Waals surface area contributed by atoms with Gasteiger partial charge in [0.15, 0.2) is 0 Å². The van der Waals surface area contributed by atoms with Gasteiger partial charge < -0.3 is 4.90 Å². The van der Waals surface area contributed by atoms with E-state index in [9.17, 15) is 4.79 Å². The van der Waals surface area contributed by atoms with Crippen molar-refractivity contribution < 1.29 is 4.79 Å². The van der Waals surface area contributed by atoms with Crippen LogP contribution in [0.15, 0.2) is 22.7 Å². The lowest BCUT2D eigenvalue weighted by molar-refractivity contribution is -0.120.